The predicted octanol–water partition coefficient (Wildman–Crippen LogP) is 8.48. The zero-order valence-electron chi connectivity index (χ0n) is 33.5. The molecule has 0 unspecified atom stereocenters. The topological polar surface area (TPSA) is 122 Å². The molecule has 5 rings (SSSR count). The lowest BCUT2D eigenvalue weighted by Gasteiger charge is -2.72. The van der Waals surface area contributed by atoms with E-state index >= 15 is 0 Å². The van der Waals surface area contributed by atoms with E-state index in [0.717, 1.165) is 77.0 Å². The van der Waals surface area contributed by atoms with E-state index in [0.29, 0.717) is 42.7 Å². The summed E-state index contributed by atoms with van der Waals surface area (Å²) in [6.45, 7) is 25.1. The summed E-state index contributed by atoms with van der Waals surface area (Å²) in [5.41, 5.74) is -0.0742. The van der Waals surface area contributed by atoms with Crippen molar-refractivity contribution in [1.82, 2.24) is 10.6 Å². The van der Waals surface area contributed by atoms with E-state index in [1.165, 1.54) is 12.0 Å². The molecule has 0 spiro atoms. The van der Waals surface area contributed by atoms with E-state index in [2.05, 4.69) is 58.8 Å². The van der Waals surface area contributed by atoms with E-state index in [9.17, 15) is 24.3 Å². The Labute approximate surface area is 308 Å². The summed E-state index contributed by atoms with van der Waals surface area (Å²) in [5.74, 6) is 1.01. The number of carbonyl (C=O) groups is 4. The second-order valence-corrected chi connectivity index (χ2v) is 19.8. The quantitative estimate of drug-likeness (QED) is 0.106. The number of allylic oxidation sites excluding steroid dienone is 1. The second kappa shape index (κ2) is 14.1. The van der Waals surface area contributed by atoms with Gasteiger partial charge < -0.3 is 20.5 Å². The Bertz CT molecular complexity index is 1390. The maximum atomic E-state index is 14.4. The molecule has 8 nitrogen and oxygen atoms in total. The first-order valence-corrected chi connectivity index (χ1v) is 20.3. The molecule has 10 atom stereocenters. The normalized spacial score (nSPS) is 39.7. The van der Waals surface area contributed by atoms with Crippen LogP contribution in [-0.2, 0) is 23.9 Å². The van der Waals surface area contributed by atoms with Gasteiger partial charge in [-0.2, -0.15) is 0 Å². The van der Waals surface area contributed by atoms with Gasteiger partial charge in [0, 0.05) is 25.4 Å². The summed E-state index contributed by atoms with van der Waals surface area (Å²) in [7, 11) is 0. The summed E-state index contributed by atoms with van der Waals surface area (Å²) in [6.07, 6.45) is 12.9. The molecule has 0 aromatic heterocycles. The van der Waals surface area contributed by atoms with Gasteiger partial charge in [-0.05, 0) is 150 Å². The van der Waals surface area contributed by atoms with Gasteiger partial charge in [-0.1, -0.05) is 46.8 Å². The van der Waals surface area contributed by atoms with Crippen LogP contribution in [0.15, 0.2) is 12.2 Å². The van der Waals surface area contributed by atoms with Crippen molar-refractivity contribution in [3.8, 4) is 0 Å². The van der Waals surface area contributed by atoms with Crippen molar-refractivity contribution in [2.75, 3.05) is 13.1 Å². The summed E-state index contributed by atoms with van der Waals surface area (Å²) < 4.78 is 6.17. The molecule has 0 radical (unpaired) electrons. The van der Waals surface area contributed by atoms with Crippen LogP contribution in [0.25, 0.3) is 0 Å². The Morgan fingerprint density at radius 3 is 2.08 bits per heavy atom. The number of unbranched alkanes of at least 4 members (excludes halogenated alkanes) is 2. The first kappa shape index (κ1) is 39.8. The molecule has 2 amide bonds. The van der Waals surface area contributed by atoms with E-state index in [1.807, 2.05) is 0 Å². The van der Waals surface area contributed by atoms with Crippen LogP contribution in [-0.4, -0.2) is 48.1 Å². The fourth-order valence-corrected chi connectivity index (χ4v) is 13.4. The van der Waals surface area contributed by atoms with Crippen molar-refractivity contribution < 1.29 is 29.0 Å². The molecule has 51 heavy (non-hydrogen) atoms. The van der Waals surface area contributed by atoms with Gasteiger partial charge in [-0.15, -0.1) is 0 Å². The number of carbonyl (C=O) groups excluding carboxylic acids is 3. The maximum absolute atomic E-state index is 14.4. The maximum Gasteiger partial charge on any atom is 0.309 e. The molecule has 0 bridgehead atoms. The van der Waals surface area contributed by atoms with Crippen LogP contribution in [0.1, 0.15) is 152 Å². The van der Waals surface area contributed by atoms with Gasteiger partial charge in [0.2, 0.25) is 11.8 Å². The number of ether oxygens (including phenoxy) is 1. The molecule has 0 aromatic carbocycles. The first-order valence-electron chi connectivity index (χ1n) is 20.3. The van der Waals surface area contributed by atoms with Gasteiger partial charge in [0.1, 0.15) is 6.10 Å². The summed E-state index contributed by atoms with van der Waals surface area (Å²) in [4.78, 5) is 50.3. The lowest BCUT2D eigenvalue weighted by molar-refractivity contribution is -0.249. The summed E-state index contributed by atoms with van der Waals surface area (Å²) in [6, 6.07) is 0. The average molecular weight is 711 g/mol. The van der Waals surface area contributed by atoms with E-state index in [4.69, 9.17) is 4.74 Å². The monoisotopic (exact) mass is 711 g/mol. The van der Waals surface area contributed by atoms with Crippen molar-refractivity contribution in [3.05, 3.63) is 12.2 Å². The molecular weight excluding hydrogens is 640 g/mol. The second-order valence-electron chi connectivity index (χ2n) is 19.8. The number of esters is 1. The number of aliphatic carboxylic acids is 1. The van der Waals surface area contributed by atoms with Crippen LogP contribution >= 0.6 is 0 Å². The van der Waals surface area contributed by atoms with Crippen molar-refractivity contribution in [3.63, 3.8) is 0 Å². The standard InChI is InChI=1S/C43H70N2O6/c1-27(2)29-16-21-43(36(48)45-25-13-11-12-24-44-28(3)46)23-22-41(9)30(35(29)43)14-15-32-40(8)19-18-33(51-34(47)26-38(4,5)37(49)50)39(6,7)31(40)17-20-42(32,41)10/h29-33,35H,1,11-26H2,2-10H3,(H,44,46)(H,45,48)(H,49,50)/t29-,30+,31-,32+,33-,35+,40-,41+,42+,43-/m0/s1. The highest BCUT2D eigenvalue weighted by Crippen LogP contribution is 2.77. The Morgan fingerprint density at radius 1 is 0.784 bits per heavy atom. The molecule has 8 heteroatoms. The number of rotatable bonds is 12. The predicted molar refractivity (Wildman–Crippen MR) is 200 cm³/mol. The number of carboxylic acids is 1. The van der Waals surface area contributed by atoms with Gasteiger partial charge in [-0.3, -0.25) is 19.2 Å². The highest BCUT2D eigenvalue weighted by molar-refractivity contribution is 5.84. The van der Waals surface area contributed by atoms with Crippen LogP contribution < -0.4 is 10.6 Å². The fourth-order valence-electron chi connectivity index (χ4n) is 13.4. The van der Waals surface area contributed by atoms with Crippen LogP contribution in [0.4, 0.5) is 0 Å². The van der Waals surface area contributed by atoms with Crippen LogP contribution in [0.3, 0.4) is 0 Å². The number of nitrogens with one attached hydrogen (secondary N) is 2. The van der Waals surface area contributed by atoms with Gasteiger partial charge >= 0.3 is 11.9 Å². The van der Waals surface area contributed by atoms with E-state index in [1.54, 1.807) is 20.8 Å². The SMILES string of the molecule is C=C(C)[C@@H]1CC[C@]2(C(=O)NCCCCCNC(C)=O)CC[C@]3(C)[C@H](CC[C@@H]4[C@@]5(C)CC[C@H](OC(=O)CC(C)(C)C(=O)O)C(C)(C)[C@@H]5CC[C@]43C)[C@@H]12. The van der Waals surface area contributed by atoms with Crippen LogP contribution in [0.5, 0.6) is 0 Å². The van der Waals surface area contributed by atoms with Gasteiger partial charge in [-0.25, -0.2) is 0 Å². The molecule has 0 aliphatic heterocycles. The minimum Gasteiger partial charge on any atom is -0.481 e. The van der Waals surface area contributed by atoms with E-state index < -0.39 is 17.4 Å². The first-order chi connectivity index (χ1) is 23.7. The molecule has 0 heterocycles. The fraction of sp³-hybridized carbons (Fsp3) is 0.860. The van der Waals surface area contributed by atoms with Gasteiger partial charge in [0.15, 0.2) is 0 Å². The highest BCUT2D eigenvalue weighted by atomic mass is 16.5. The molecule has 0 aromatic rings. The number of fused-ring (bicyclic) bond motifs is 7. The van der Waals surface area contributed by atoms with Gasteiger partial charge in [0.25, 0.3) is 0 Å². The number of carboxylic acid groups (broad SMARTS) is 1. The van der Waals surface area contributed by atoms with Crippen molar-refractivity contribution in [2.24, 2.45) is 62.1 Å². The lowest BCUT2D eigenvalue weighted by atomic mass is 9.32. The third-order valence-corrected chi connectivity index (χ3v) is 16.4. The Morgan fingerprint density at radius 2 is 1.45 bits per heavy atom. The smallest absolute Gasteiger partial charge is 0.309 e. The lowest BCUT2D eigenvalue weighted by Crippen LogP contribution is -2.67. The largest absolute Gasteiger partial charge is 0.481 e. The van der Waals surface area contributed by atoms with Gasteiger partial charge in [0.05, 0.1) is 17.3 Å². The number of hydrogen-bond acceptors (Lipinski definition) is 5. The Hall–Kier alpha value is -2.38. The Balaban J connectivity index is 1.34. The molecule has 5 aliphatic carbocycles. The third kappa shape index (κ3) is 6.70. The van der Waals surface area contributed by atoms with Crippen LogP contribution in [0.2, 0.25) is 0 Å². The molecule has 288 valence electrons. The average Bonchev–Trinajstić information content (AvgIpc) is 3.43. The van der Waals surface area contributed by atoms with E-state index in [-0.39, 0.29) is 51.4 Å². The van der Waals surface area contributed by atoms with Crippen molar-refractivity contribution in [1.29, 1.82) is 0 Å². The molecule has 0 saturated heterocycles. The van der Waals surface area contributed by atoms with Crippen molar-refractivity contribution in [2.45, 2.75) is 158 Å². The minimum atomic E-state index is -1.15. The number of amides is 2. The molecule has 3 N–H and O–H groups in total. The molecule has 5 aliphatic rings. The Kier molecular flexibility index (Phi) is 11.0. The number of hydrogen-bond donors (Lipinski definition) is 3. The highest BCUT2D eigenvalue weighted by Gasteiger charge is 2.72. The zero-order valence-corrected chi connectivity index (χ0v) is 33.5. The zero-order chi connectivity index (χ0) is 37.8. The third-order valence-electron chi connectivity index (χ3n) is 16.4. The summed E-state index contributed by atoms with van der Waals surface area (Å²) in [5, 5.41) is 15.9. The minimum absolute atomic E-state index is 0.00517. The summed E-state index contributed by atoms with van der Waals surface area (Å²) >= 11 is 0. The van der Waals surface area contributed by atoms with Crippen LogP contribution in [0, 0.1) is 62.1 Å². The van der Waals surface area contributed by atoms with Crippen molar-refractivity contribution >= 4 is 23.8 Å². The molecule has 5 saturated carbocycles. The molecular formula is C43H70N2O6. The molecule has 5 fully saturated rings.